The van der Waals surface area contributed by atoms with Crippen molar-refractivity contribution >= 4 is 11.8 Å². The first kappa shape index (κ1) is 49.2. The quantitative estimate of drug-likeness (QED) is 0.220. The van der Waals surface area contributed by atoms with Crippen molar-refractivity contribution in [2.24, 2.45) is 40.4 Å². The highest BCUT2D eigenvalue weighted by Crippen LogP contribution is 2.49. The Morgan fingerprint density at radius 1 is 0.727 bits per heavy atom. The molecule has 0 bridgehead atoms. The number of halogens is 7. The van der Waals surface area contributed by atoms with E-state index < -0.39 is 40.1 Å². The Bertz CT molecular complexity index is 2080. The van der Waals surface area contributed by atoms with Gasteiger partial charge >= 0.3 is 12.4 Å². The summed E-state index contributed by atoms with van der Waals surface area (Å²) >= 11 is 0. The number of amides is 2. The Labute approximate surface area is 386 Å². The number of nitrogens with one attached hydrogen (secondary N) is 2. The van der Waals surface area contributed by atoms with Gasteiger partial charge in [0, 0.05) is 57.0 Å². The van der Waals surface area contributed by atoms with Crippen LogP contribution < -0.4 is 10.6 Å². The van der Waals surface area contributed by atoms with Crippen LogP contribution in [0.15, 0.2) is 30.3 Å². The van der Waals surface area contributed by atoms with Crippen molar-refractivity contribution in [3.05, 3.63) is 69.5 Å². The molecule has 4 fully saturated rings. The van der Waals surface area contributed by atoms with E-state index in [2.05, 4.69) is 45.3 Å². The van der Waals surface area contributed by atoms with Gasteiger partial charge in [-0.1, -0.05) is 47.1 Å². The largest absolute Gasteiger partial charge is 0.416 e. The smallest absolute Gasteiger partial charge is 0.381 e. The van der Waals surface area contributed by atoms with E-state index in [0.29, 0.717) is 74.4 Å². The van der Waals surface area contributed by atoms with Gasteiger partial charge in [-0.15, -0.1) is 0 Å². The molecular formula is C52H71F7N4O3. The monoisotopic (exact) mass is 933 g/mol. The summed E-state index contributed by atoms with van der Waals surface area (Å²) in [6, 6.07) is 6.42. The van der Waals surface area contributed by atoms with Crippen LogP contribution in [-0.2, 0) is 52.6 Å². The predicted octanol–water partition coefficient (Wildman–Crippen LogP) is 10.9. The van der Waals surface area contributed by atoms with Crippen molar-refractivity contribution in [2.45, 2.75) is 174 Å². The number of benzene rings is 2. The number of fused-ring (bicyclic) bond motifs is 2. The molecule has 2 N–H and O–H groups in total. The van der Waals surface area contributed by atoms with E-state index in [1.807, 2.05) is 4.90 Å². The van der Waals surface area contributed by atoms with E-state index >= 15 is 0 Å². The molecule has 6 aliphatic rings. The summed E-state index contributed by atoms with van der Waals surface area (Å²) in [6.07, 6.45) is 2.62. The van der Waals surface area contributed by atoms with Crippen LogP contribution in [0.2, 0.25) is 0 Å². The minimum Gasteiger partial charge on any atom is -0.381 e. The molecule has 1 saturated heterocycles. The number of carbonyl (C=O) groups excluding carboxylic acids is 2. The van der Waals surface area contributed by atoms with Crippen LogP contribution in [0, 0.1) is 46.2 Å². The van der Waals surface area contributed by atoms with Gasteiger partial charge in [0.25, 0.3) is 0 Å². The summed E-state index contributed by atoms with van der Waals surface area (Å²) in [4.78, 5) is 32.3. The summed E-state index contributed by atoms with van der Waals surface area (Å²) in [6.45, 7) is 13.0. The molecular weight excluding hydrogens is 862 g/mol. The Morgan fingerprint density at radius 2 is 1.32 bits per heavy atom. The van der Waals surface area contributed by atoms with Crippen LogP contribution in [-0.4, -0.2) is 72.1 Å². The summed E-state index contributed by atoms with van der Waals surface area (Å²) in [5.41, 5.74) is -0.904. The zero-order chi connectivity index (χ0) is 47.3. The summed E-state index contributed by atoms with van der Waals surface area (Å²) in [5, 5.41) is 8.02. The SMILES string of the molecule is CC1CCC(CCC2COCCC2N[C@@H]2CC[C@@](C(=O)N3CCc4c(F)cc(C(F)(F)F)cc4C3)(C(C)C)C2)CC1N[C@@H]1CC[C@@](C(=O)N2CCc3ccc(C(F)(F)F)cc3C2)(C(C)C)C1. The number of carbonyl (C=O) groups is 2. The third-order valence-electron chi connectivity index (χ3n) is 17.5. The summed E-state index contributed by atoms with van der Waals surface area (Å²) in [7, 11) is 0. The molecule has 7 nitrogen and oxygen atoms in total. The van der Waals surface area contributed by atoms with E-state index in [9.17, 15) is 40.3 Å². The molecule has 8 rings (SSSR count). The molecule has 0 aromatic heterocycles. The Morgan fingerprint density at radius 3 is 1.94 bits per heavy atom. The number of hydrogen-bond donors (Lipinski definition) is 2. The van der Waals surface area contributed by atoms with Gasteiger partial charge in [-0.05, 0) is 160 Å². The maximum Gasteiger partial charge on any atom is 0.416 e. The highest BCUT2D eigenvalue weighted by Gasteiger charge is 2.52. The van der Waals surface area contributed by atoms with Crippen LogP contribution in [0.5, 0.6) is 0 Å². The van der Waals surface area contributed by atoms with Gasteiger partial charge < -0.3 is 25.2 Å². The van der Waals surface area contributed by atoms with Gasteiger partial charge in [0.15, 0.2) is 0 Å². The molecule has 5 unspecified atom stereocenters. The van der Waals surface area contributed by atoms with E-state index in [-0.39, 0.29) is 79.0 Å². The number of rotatable bonds is 11. The number of hydrogen-bond acceptors (Lipinski definition) is 5. The molecule has 2 amide bonds. The van der Waals surface area contributed by atoms with Crippen molar-refractivity contribution in [3.8, 4) is 0 Å². The molecule has 0 spiro atoms. The zero-order valence-electron chi connectivity index (χ0n) is 39.5. The third-order valence-corrected chi connectivity index (χ3v) is 17.5. The molecule has 3 aliphatic carbocycles. The van der Waals surface area contributed by atoms with Gasteiger partial charge in [0.1, 0.15) is 5.82 Å². The molecule has 3 saturated carbocycles. The Balaban J connectivity index is 0.847. The fraction of sp³-hybridized carbons (Fsp3) is 0.731. The number of ether oxygens (including phenoxy) is 1. The molecule has 0 radical (unpaired) electrons. The van der Waals surface area contributed by atoms with Crippen molar-refractivity contribution in [2.75, 3.05) is 26.3 Å². The molecule has 66 heavy (non-hydrogen) atoms. The molecule has 14 heteroatoms. The van der Waals surface area contributed by atoms with E-state index in [1.54, 1.807) is 11.0 Å². The molecule has 3 aliphatic heterocycles. The van der Waals surface area contributed by atoms with Crippen LogP contribution in [0.4, 0.5) is 30.7 Å². The molecule has 3 heterocycles. The minimum absolute atomic E-state index is 0.0204. The maximum absolute atomic E-state index is 14.8. The number of alkyl halides is 6. The van der Waals surface area contributed by atoms with Gasteiger partial charge in [0.05, 0.1) is 28.6 Å². The van der Waals surface area contributed by atoms with Crippen LogP contribution >= 0.6 is 0 Å². The van der Waals surface area contributed by atoms with Crippen molar-refractivity contribution in [3.63, 3.8) is 0 Å². The summed E-state index contributed by atoms with van der Waals surface area (Å²) in [5.74, 6) is 0.696. The van der Waals surface area contributed by atoms with Crippen molar-refractivity contribution < 1.29 is 45.1 Å². The highest BCUT2D eigenvalue weighted by atomic mass is 19.4. The molecule has 2 aromatic rings. The fourth-order valence-corrected chi connectivity index (χ4v) is 13.1. The second kappa shape index (κ2) is 19.3. The first-order chi connectivity index (χ1) is 31.2. The Kier molecular flexibility index (Phi) is 14.4. The van der Waals surface area contributed by atoms with Gasteiger partial charge in [-0.2, -0.15) is 26.3 Å². The minimum atomic E-state index is -4.67. The van der Waals surface area contributed by atoms with Gasteiger partial charge in [0.2, 0.25) is 11.8 Å². The zero-order valence-corrected chi connectivity index (χ0v) is 39.5. The third kappa shape index (κ3) is 10.1. The lowest BCUT2D eigenvalue weighted by molar-refractivity contribution is -0.146. The Hall–Kier alpha value is -3.23. The second-order valence-corrected chi connectivity index (χ2v) is 21.9. The average molecular weight is 933 g/mol. The van der Waals surface area contributed by atoms with E-state index in [0.717, 1.165) is 75.5 Å². The first-order valence-corrected chi connectivity index (χ1v) is 24.9. The normalized spacial score (nSPS) is 31.9. The van der Waals surface area contributed by atoms with Crippen LogP contribution in [0.1, 0.15) is 145 Å². The molecule has 2 aromatic carbocycles. The maximum atomic E-state index is 14.8. The fourth-order valence-electron chi connectivity index (χ4n) is 13.1. The second-order valence-electron chi connectivity index (χ2n) is 21.9. The van der Waals surface area contributed by atoms with Crippen molar-refractivity contribution in [1.29, 1.82) is 0 Å². The lowest BCUT2D eigenvalue weighted by Gasteiger charge is -2.41. The molecule has 366 valence electrons. The average Bonchev–Trinajstić information content (AvgIpc) is 3.92. The predicted molar refractivity (Wildman–Crippen MR) is 239 cm³/mol. The van der Waals surface area contributed by atoms with Crippen LogP contribution in [0.25, 0.3) is 0 Å². The number of nitrogens with zero attached hydrogens (tertiary/aromatic N) is 2. The van der Waals surface area contributed by atoms with Gasteiger partial charge in [-0.3, -0.25) is 9.59 Å². The van der Waals surface area contributed by atoms with Crippen molar-refractivity contribution in [1.82, 2.24) is 20.4 Å². The molecule has 9 atom stereocenters. The van der Waals surface area contributed by atoms with Crippen LogP contribution in [0.3, 0.4) is 0 Å². The lowest BCUT2D eigenvalue weighted by Crippen LogP contribution is -2.50. The first-order valence-electron chi connectivity index (χ1n) is 24.9. The van der Waals surface area contributed by atoms with Gasteiger partial charge in [-0.25, -0.2) is 4.39 Å². The van der Waals surface area contributed by atoms with E-state index in [1.165, 1.54) is 12.5 Å². The standard InChI is InChI=1S/C52H71F7N4O3/c1-31(2)49(48(65)63-20-15-43-38(29-63)24-40(25-44(43)53)52(57,58)59)17-12-41(26-49)60-45-16-21-66-30-36(45)9-8-34-7-6-33(5)46(22-34)61-42-13-18-50(27-42,32(3)4)47(64)62-19-14-35-10-11-39(51(54,55)56)23-37(35)28-62/h10-11,23-25,31-34,36,41-42,45-46,60-61H,6-9,12-22,26-30H2,1-5H3/t33?,34?,36?,41-,42-,45?,46?,49+,50+/m1/s1. The van der Waals surface area contributed by atoms with E-state index in [4.69, 9.17) is 4.74 Å². The lowest BCUT2D eigenvalue weighted by atomic mass is 9.73. The highest BCUT2D eigenvalue weighted by molar-refractivity contribution is 5.84. The summed E-state index contributed by atoms with van der Waals surface area (Å²) < 4.78 is 102. The topological polar surface area (TPSA) is 73.9 Å².